The third kappa shape index (κ3) is 6.62. The van der Waals surface area contributed by atoms with E-state index in [9.17, 15) is 0 Å². The van der Waals surface area contributed by atoms with Gasteiger partial charge in [-0.15, -0.1) is 0 Å². The molecule has 0 bridgehead atoms. The predicted molar refractivity (Wildman–Crippen MR) is 361 cm³/mol. The zero-order valence-electron chi connectivity index (χ0n) is 46.9. The molecule has 0 aliphatic rings. The van der Waals surface area contributed by atoms with Gasteiger partial charge in [0.05, 0.1) is 44.3 Å². The van der Waals surface area contributed by atoms with Gasteiger partial charge in [-0.05, 0) is 114 Å². The summed E-state index contributed by atoms with van der Waals surface area (Å²) in [6.45, 7) is 0. The van der Waals surface area contributed by atoms with Crippen LogP contribution in [-0.4, -0.2) is 23.7 Å². The molecule has 0 aliphatic heterocycles. The van der Waals surface area contributed by atoms with Gasteiger partial charge in [0, 0.05) is 98.2 Å². The van der Waals surface area contributed by atoms with Gasteiger partial charge < -0.3 is 27.0 Å². The summed E-state index contributed by atoms with van der Waals surface area (Å²) in [5.41, 5.74) is 20.1. The van der Waals surface area contributed by atoms with Crippen LogP contribution >= 0.6 is 0 Å². The number of benzene rings is 13. The summed E-state index contributed by atoms with van der Waals surface area (Å²) in [6.07, 6.45) is 0. The van der Waals surface area contributed by atoms with Gasteiger partial charge in [0.1, 0.15) is 16.7 Å². The first kappa shape index (κ1) is 47.4. The van der Waals surface area contributed by atoms with E-state index >= 15 is 0 Å². The molecule has 0 N–H and O–H groups in total. The van der Waals surface area contributed by atoms with Crippen molar-refractivity contribution in [3.05, 3.63) is 273 Å². The Bertz CT molecular complexity index is 6400. The molecule has 20 aromatic rings. The van der Waals surface area contributed by atoms with Gasteiger partial charge in [-0.25, -0.2) is 9.97 Å². The summed E-state index contributed by atoms with van der Waals surface area (Å²) < 4.78 is 27.4. The standard InChI is InChI=1S/C80H45N5O3/c1-7-28-67-53(22-1)59-35-38-62-56-25-4-10-31-70(56)86-77(62)74(59)83(67)50-19-13-16-46(42-50)47-34-41-66-65(45-47)73(48-17-14-20-51(43-48)84-68-29-8-2-23-54(68)60-36-39-63-57-26-5-11-32-71(57)87-78(63)75(60)84)82-80(81-66)49-18-15-21-52(44-49)85-69-30-9-3-24-55(69)61-37-40-64-58-27-6-12-33-72(58)88-79(64)76(61)85/h1-45H. The summed E-state index contributed by atoms with van der Waals surface area (Å²) in [5.74, 6) is 0.614. The van der Waals surface area contributed by atoms with E-state index < -0.39 is 0 Å². The Labute approximate surface area is 500 Å². The third-order valence-corrected chi connectivity index (χ3v) is 18.4. The third-order valence-electron chi connectivity index (χ3n) is 18.4. The Morgan fingerprint density at radius 1 is 0.239 bits per heavy atom. The molecular formula is C80H45N5O3. The maximum Gasteiger partial charge on any atom is 0.160 e. The molecule has 408 valence electrons. The van der Waals surface area contributed by atoms with Crippen molar-refractivity contribution in [3.8, 4) is 50.8 Å². The Morgan fingerprint density at radius 2 is 0.602 bits per heavy atom. The Kier molecular flexibility index (Phi) is 9.57. The SMILES string of the molecule is c1cc(-c2ccc3nc(-c4cccc(-n5c6ccccc6c6ccc7c8ccccc8oc7c65)c4)nc(-c4cccc(-n5c6ccccc6c6ccc7c8ccccc8oc7c65)c4)c3c2)cc(-n2c3ccccc3c3ccc4c5ccccc5oc4c32)c1. The smallest absolute Gasteiger partial charge is 0.160 e. The molecule has 8 nitrogen and oxygen atoms in total. The number of hydrogen-bond acceptors (Lipinski definition) is 5. The van der Waals surface area contributed by atoms with Crippen LogP contribution in [-0.2, 0) is 0 Å². The number of fused-ring (bicyclic) bond motifs is 22. The zero-order chi connectivity index (χ0) is 57.3. The summed E-state index contributed by atoms with van der Waals surface area (Å²) in [7, 11) is 0. The molecular weight excluding hydrogens is 1080 g/mol. The Morgan fingerprint density at radius 3 is 1.07 bits per heavy atom. The van der Waals surface area contributed by atoms with Crippen molar-refractivity contribution in [2.24, 2.45) is 0 Å². The molecule has 0 atom stereocenters. The minimum Gasteiger partial charge on any atom is -0.454 e. The second kappa shape index (κ2) is 17.8. The van der Waals surface area contributed by atoms with Crippen molar-refractivity contribution in [2.45, 2.75) is 0 Å². The fourth-order valence-corrected chi connectivity index (χ4v) is 14.6. The fourth-order valence-electron chi connectivity index (χ4n) is 14.6. The first-order chi connectivity index (χ1) is 43.6. The van der Waals surface area contributed by atoms with E-state index in [-0.39, 0.29) is 0 Å². The summed E-state index contributed by atoms with van der Waals surface area (Å²) in [4.78, 5) is 11.2. The van der Waals surface area contributed by atoms with E-state index in [1.54, 1.807) is 0 Å². The van der Waals surface area contributed by atoms with E-state index in [1.807, 2.05) is 24.3 Å². The summed E-state index contributed by atoms with van der Waals surface area (Å²) in [6, 6.07) is 97.1. The average molecular weight is 1120 g/mol. The Hall–Kier alpha value is -12.0. The van der Waals surface area contributed by atoms with Crippen LogP contribution in [0, 0.1) is 0 Å². The lowest BCUT2D eigenvalue weighted by molar-refractivity contribution is 0.670. The normalized spacial score (nSPS) is 12.3. The van der Waals surface area contributed by atoms with Gasteiger partial charge in [0.2, 0.25) is 0 Å². The molecule has 0 saturated carbocycles. The highest BCUT2D eigenvalue weighted by Gasteiger charge is 2.24. The van der Waals surface area contributed by atoms with Crippen molar-refractivity contribution in [1.82, 2.24) is 23.7 Å². The van der Waals surface area contributed by atoms with Crippen LogP contribution in [0.3, 0.4) is 0 Å². The van der Waals surface area contributed by atoms with Crippen LogP contribution in [0.2, 0.25) is 0 Å². The molecule has 20 rings (SSSR count). The van der Waals surface area contributed by atoms with E-state index in [2.05, 4.69) is 262 Å². The van der Waals surface area contributed by atoms with E-state index in [4.69, 9.17) is 23.2 Å². The number of hydrogen-bond donors (Lipinski definition) is 0. The number of rotatable bonds is 6. The van der Waals surface area contributed by atoms with Crippen LogP contribution < -0.4 is 0 Å². The minimum atomic E-state index is 0.614. The zero-order valence-corrected chi connectivity index (χ0v) is 46.9. The molecule has 0 saturated heterocycles. The van der Waals surface area contributed by atoms with Crippen molar-refractivity contribution in [3.63, 3.8) is 0 Å². The van der Waals surface area contributed by atoms with Gasteiger partial charge in [0.25, 0.3) is 0 Å². The molecule has 13 aromatic carbocycles. The summed E-state index contributed by atoms with van der Waals surface area (Å²) in [5, 5.41) is 14.3. The average Bonchev–Trinajstić information content (AvgIpc) is 1.66. The predicted octanol–water partition coefficient (Wildman–Crippen LogP) is 21.6. The molecule has 88 heavy (non-hydrogen) atoms. The minimum absolute atomic E-state index is 0.614. The molecule has 0 aliphatic carbocycles. The molecule has 0 radical (unpaired) electrons. The molecule has 0 unspecified atom stereocenters. The maximum atomic E-state index is 6.82. The lowest BCUT2D eigenvalue weighted by Gasteiger charge is -2.15. The number of nitrogens with zero attached hydrogens (tertiary/aromatic N) is 5. The molecule has 7 heterocycles. The second-order valence-corrected chi connectivity index (χ2v) is 23.1. The molecule has 0 spiro atoms. The van der Waals surface area contributed by atoms with E-state index in [0.717, 1.165) is 182 Å². The highest BCUT2D eigenvalue weighted by Crippen LogP contribution is 2.45. The van der Waals surface area contributed by atoms with Gasteiger partial charge >= 0.3 is 0 Å². The Balaban J connectivity index is 0.803. The lowest BCUT2D eigenvalue weighted by Crippen LogP contribution is -1.99. The topological polar surface area (TPSA) is 80.0 Å². The van der Waals surface area contributed by atoms with Gasteiger partial charge in [-0.3, -0.25) is 0 Å². The van der Waals surface area contributed by atoms with E-state index in [1.165, 1.54) is 5.39 Å². The van der Waals surface area contributed by atoms with Crippen LogP contribution in [0.15, 0.2) is 286 Å². The quantitative estimate of drug-likeness (QED) is 0.166. The van der Waals surface area contributed by atoms with Crippen LogP contribution in [0.1, 0.15) is 0 Å². The summed E-state index contributed by atoms with van der Waals surface area (Å²) >= 11 is 0. The number of aromatic nitrogens is 5. The second-order valence-electron chi connectivity index (χ2n) is 23.1. The number of para-hydroxylation sites is 6. The van der Waals surface area contributed by atoms with Crippen molar-refractivity contribution >= 4 is 142 Å². The van der Waals surface area contributed by atoms with Crippen LogP contribution in [0.25, 0.3) is 193 Å². The van der Waals surface area contributed by atoms with Crippen LogP contribution in [0.4, 0.5) is 0 Å². The van der Waals surface area contributed by atoms with Crippen molar-refractivity contribution in [1.29, 1.82) is 0 Å². The highest BCUT2D eigenvalue weighted by atomic mass is 16.3. The first-order valence-corrected chi connectivity index (χ1v) is 29.8. The largest absolute Gasteiger partial charge is 0.454 e. The van der Waals surface area contributed by atoms with Gasteiger partial charge in [-0.1, -0.05) is 170 Å². The molecule has 8 heteroatoms. The molecule has 7 aromatic heterocycles. The molecule has 0 amide bonds. The molecule has 0 fully saturated rings. The monoisotopic (exact) mass is 1120 g/mol. The van der Waals surface area contributed by atoms with Gasteiger partial charge in [-0.2, -0.15) is 0 Å². The number of furan rings is 3. The lowest BCUT2D eigenvalue weighted by atomic mass is 9.99. The maximum absolute atomic E-state index is 6.82. The highest BCUT2D eigenvalue weighted by molar-refractivity contribution is 6.24. The fraction of sp³-hybridized carbons (Fsp3) is 0. The van der Waals surface area contributed by atoms with Gasteiger partial charge in [0.15, 0.2) is 22.6 Å². The van der Waals surface area contributed by atoms with E-state index in [0.29, 0.717) is 5.82 Å². The van der Waals surface area contributed by atoms with Crippen molar-refractivity contribution in [2.75, 3.05) is 0 Å². The van der Waals surface area contributed by atoms with Crippen LogP contribution in [0.5, 0.6) is 0 Å². The first-order valence-electron chi connectivity index (χ1n) is 29.8. The van der Waals surface area contributed by atoms with Crippen molar-refractivity contribution < 1.29 is 13.3 Å².